The van der Waals surface area contributed by atoms with Crippen LogP contribution >= 0.6 is 11.3 Å². The van der Waals surface area contributed by atoms with Crippen LogP contribution in [0.25, 0.3) is 0 Å². The van der Waals surface area contributed by atoms with Gasteiger partial charge in [-0.05, 0) is 53.6 Å². The summed E-state index contributed by atoms with van der Waals surface area (Å²) in [6.45, 7) is 1.56. The molecule has 0 spiro atoms. The van der Waals surface area contributed by atoms with Gasteiger partial charge < -0.3 is 15.2 Å². The average molecular weight is 337 g/mol. The molecule has 0 saturated carbocycles. The number of ether oxygens (including phenoxy) is 1. The molecule has 1 heterocycles. The third kappa shape index (κ3) is 4.79. The quantitative estimate of drug-likeness (QED) is 0.814. The summed E-state index contributed by atoms with van der Waals surface area (Å²) < 4.78 is 18.1. The van der Waals surface area contributed by atoms with Gasteiger partial charge in [0.1, 0.15) is 11.6 Å². The zero-order chi connectivity index (χ0) is 16.8. The van der Waals surface area contributed by atoms with Gasteiger partial charge in [-0.1, -0.05) is 0 Å². The maximum atomic E-state index is 12.8. The Bertz CT molecular complexity index is 657. The molecule has 2 unspecified atom stereocenters. The Morgan fingerprint density at radius 3 is 2.57 bits per heavy atom. The van der Waals surface area contributed by atoms with Gasteiger partial charge >= 0.3 is 5.97 Å². The topological polar surface area (TPSA) is 75.6 Å². The van der Waals surface area contributed by atoms with Gasteiger partial charge in [-0.2, -0.15) is 11.3 Å². The van der Waals surface area contributed by atoms with Crippen LogP contribution in [0.5, 0.6) is 5.75 Å². The zero-order valence-corrected chi connectivity index (χ0v) is 13.2. The summed E-state index contributed by atoms with van der Waals surface area (Å²) >= 11 is 1.49. The second kappa shape index (κ2) is 7.73. The molecule has 2 atom stereocenters. The number of amides is 1. The number of carboxylic acids is 1. The lowest BCUT2D eigenvalue weighted by molar-refractivity contribution is -0.145. The largest absolute Gasteiger partial charge is 0.478 e. The highest BCUT2D eigenvalue weighted by Gasteiger charge is 2.22. The molecule has 5 nitrogen and oxygen atoms in total. The minimum Gasteiger partial charge on any atom is -0.478 e. The molecule has 2 N–H and O–H groups in total. The molecule has 7 heteroatoms. The molecule has 0 radical (unpaired) electrons. The summed E-state index contributed by atoms with van der Waals surface area (Å²) in [4.78, 5) is 23.3. The van der Waals surface area contributed by atoms with Gasteiger partial charge in [-0.15, -0.1) is 0 Å². The number of carboxylic acid groups (broad SMARTS) is 1. The van der Waals surface area contributed by atoms with Crippen LogP contribution in [0.4, 0.5) is 4.39 Å². The fraction of sp³-hybridized carbons (Fsp3) is 0.250. The van der Waals surface area contributed by atoms with Gasteiger partial charge in [0.05, 0.1) is 12.5 Å². The average Bonchev–Trinajstić information content (AvgIpc) is 3.06. The van der Waals surface area contributed by atoms with Gasteiger partial charge in [0.25, 0.3) is 0 Å². The van der Waals surface area contributed by atoms with Crippen molar-refractivity contribution >= 4 is 23.2 Å². The SMILES string of the molecule is CC(C(=O)NCC(Oc1ccc(F)cc1)C(=O)O)c1ccsc1. The van der Waals surface area contributed by atoms with E-state index in [4.69, 9.17) is 4.74 Å². The monoisotopic (exact) mass is 337 g/mol. The van der Waals surface area contributed by atoms with Gasteiger partial charge in [0.2, 0.25) is 12.0 Å². The number of carbonyl (C=O) groups excluding carboxylic acids is 1. The lowest BCUT2D eigenvalue weighted by atomic mass is 10.0. The first-order valence-electron chi connectivity index (χ1n) is 6.92. The Hall–Kier alpha value is -2.41. The molecule has 23 heavy (non-hydrogen) atoms. The molecule has 0 aliphatic carbocycles. The van der Waals surface area contributed by atoms with E-state index in [1.54, 1.807) is 6.92 Å². The van der Waals surface area contributed by atoms with Crippen molar-refractivity contribution in [3.63, 3.8) is 0 Å². The minimum absolute atomic E-state index is 0.181. The van der Waals surface area contributed by atoms with Crippen molar-refractivity contribution in [2.45, 2.75) is 18.9 Å². The standard InChI is InChI=1S/C16H16FNO4S/c1-10(11-6-7-23-9-11)15(19)18-8-14(16(20)21)22-13-4-2-12(17)3-5-13/h2-7,9-10,14H,8H2,1H3,(H,18,19)(H,20,21). The molecular formula is C16H16FNO4S. The molecular weight excluding hydrogens is 321 g/mol. The van der Waals surface area contributed by atoms with E-state index in [2.05, 4.69) is 5.32 Å². The number of hydrogen-bond donors (Lipinski definition) is 2. The van der Waals surface area contributed by atoms with E-state index >= 15 is 0 Å². The van der Waals surface area contributed by atoms with Gasteiger partial charge in [0, 0.05) is 0 Å². The summed E-state index contributed by atoms with van der Waals surface area (Å²) in [7, 11) is 0. The minimum atomic E-state index is -1.25. The van der Waals surface area contributed by atoms with Crippen LogP contribution in [0.1, 0.15) is 18.4 Å². The van der Waals surface area contributed by atoms with Crippen molar-refractivity contribution in [3.8, 4) is 5.75 Å². The molecule has 0 fully saturated rings. The van der Waals surface area contributed by atoms with Crippen LogP contribution in [0.15, 0.2) is 41.1 Å². The molecule has 0 aliphatic heterocycles. The lowest BCUT2D eigenvalue weighted by Crippen LogP contribution is -2.41. The zero-order valence-electron chi connectivity index (χ0n) is 12.4. The van der Waals surface area contributed by atoms with Crippen molar-refractivity contribution in [3.05, 3.63) is 52.5 Å². The Morgan fingerprint density at radius 1 is 1.30 bits per heavy atom. The number of nitrogens with one attached hydrogen (secondary N) is 1. The number of carbonyl (C=O) groups is 2. The van der Waals surface area contributed by atoms with E-state index in [0.29, 0.717) is 0 Å². The van der Waals surface area contributed by atoms with E-state index in [-0.39, 0.29) is 24.1 Å². The molecule has 0 bridgehead atoms. The lowest BCUT2D eigenvalue weighted by Gasteiger charge is -2.17. The summed E-state index contributed by atoms with van der Waals surface area (Å²) in [5.41, 5.74) is 0.874. The fourth-order valence-electron chi connectivity index (χ4n) is 1.88. The van der Waals surface area contributed by atoms with E-state index in [0.717, 1.165) is 5.56 Å². The highest BCUT2D eigenvalue weighted by atomic mass is 32.1. The number of halogens is 1. The van der Waals surface area contributed by atoms with E-state index in [1.807, 2.05) is 16.8 Å². The first kappa shape index (κ1) is 17.0. The molecule has 1 aromatic heterocycles. The third-order valence-electron chi connectivity index (χ3n) is 3.27. The molecule has 0 saturated heterocycles. The third-order valence-corrected chi connectivity index (χ3v) is 3.97. The molecule has 1 aromatic carbocycles. The van der Waals surface area contributed by atoms with Crippen molar-refractivity contribution in [1.82, 2.24) is 5.32 Å². The first-order chi connectivity index (χ1) is 11.0. The number of benzene rings is 1. The number of aliphatic carboxylic acids is 1. The Kier molecular flexibility index (Phi) is 5.70. The Morgan fingerprint density at radius 2 is 2.00 bits per heavy atom. The van der Waals surface area contributed by atoms with Crippen LogP contribution in [-0.2, 0) is 9.59 Å². The predicted molar refractivity (Wildman–Crippen MR) is 84.2 cm³/mol. The van der Waals surface area contributed by atoms with Crippen molar-refractivity contribution in [1.29, 1.82) is 0 Å². The Labute approximate surface area is 136 Å². The maximum Gasteiger partial charge on any atom is 0.346 e. The summed E-state index contributed by atoms with van der Waals surface area (Å²) in [5, 5.41) is 15.5. The predicted octanol–water partition coefficient (Wildman–Crippen LogP) is 2.64. The van der Waals surface area contributed by atoms with E-state index in [1.165, 1.54) is 35.6 Å². The van der Waals surface area contributed by atoms with Crippen LogP contribution in [0.3, 0.4) is 0 Å². The second-order valence-corrected chi connectivity index (χ2v) is 5.70. The Balaban J connectivity index is 1.93. The molecule has 2 aromatic rings. The van der Waals surface area contributed by atoms with Gasteiger partial charge in [0.15, 0.2) is 0 Å². The summed E-state index contributed by atoms with van der Waals surface area (Å²) in [5.74, 6) is -2.09. The van der Waals surface area contributed by atoms with E-state index in [9.17, 15) is 19.1 Å². The summed E-state index contributed by atoms with van der Waals surface area (Å²) in [6, 6.07) is 6.86. The second-order valence-electron chi connectivity index (χ2n) is 4.92. The number of hydrogen-bond acceptors (Lipinski definition) is 4. The molecule has 0 aliphatic rings. The summed E-state index contributed by atoms with van der Waals surface area (Å²) in [6.07, 6.45) is -1.25. The molecule has 1 amide bonds. The van der Waals surface area contributed by atoms with E-state index < -0.39 is 17.9 Å². The highest BCUT2D eigenvalue weighted by molar-refractivity contribution is 7.08. The van der Waals surface area contributed by atoms with Crippen LogP contribution < -0.4 is 10.1 Å². The van der Waals surface area contributed by atoms with Crippen molar-refractivity contribution < 1.29 is 23.8 Å². The van der Waals surface area contributed by atoms with Gasteiger partial charge in [-0.25, -0.2) is 9.18 Å². The number of thiophene rings is 1. The normalized spacial score (nSPS) is 13.1. The van der Waals surface area contributed by atoms with Crippen molar-refractivity contribution in [2.75, 3.05) is 6.54 Å². The molecule has 2 rings (SSSR count). The fourth-order valence-corrected chi connectivity index (χ4v) is 2.63. The van der Waals surface area contributed by atoms with Crippen LogP contribution in [0.2, 0.25) is 0 Å². The molecule has 122 valence electrons. The van der Waals surface area contributed by atoms with Crippen LogP contribution in [0, 0.1) is 5.82 Å². The number of rotatable bonds is 7. The smallest absolute Gasteiger partial charge is 0.346 e. The maximum absolute atomic E-state index is 12.8. The first-order valence-corrected chi connectivity index (χ1v) is 7.86. The van der Waals surface area contributed by atoms with Gasteiger partial charge in [-0.3, -0.25) is 4.79 Å². The van der Waals surface area contributed by atoms with Crippen LogP contribution in [-0.4, -0.2) is 29.6 Å². The highest BCUT2D eigenvalue weighted by Crippen LogP contribution is 2.18. The van der Waals surface area contributed by atoms with Crippen molar-refractivity contribution in [2.24, 2.45) is 0 Å².